The van der Waals surface area contributed by atoms with Gasteiger partial charge in [0, 0.05) is 46.3 Å². The van der Waals surface area contributed by atoms with Crippen molar-refractivity contribution in [1.82, 2.24) is 0 Å². The van der Waals surface area contributed by atoms with Crippen molar-refractivity contribution in [3.8, 4) is 56.4 Å². The third-order valence-corrected chi connectivity index (χ3v) is 21.2. The second-order valence-corrected chi connectivity index (χ2v) is 26.9. The molecule has 4 nitrogen and oxygen atoms in total. The van der Waals surface area contributed by atoms with Gasteiger partial charge >= 0.3 is 0 Å². The second-order valence-electron chi connectivity index (χ2n) is 26.9. The number of ether oxygens (including phenoxy) is 2. The SMILES string of the molecule is Cc1ccc(C2(c3ccc(Oc4ccc5c(c4)CC5)cc3)c3ccccc3-c3ccc(N(c4ccc(-c5ccc(N(c6ccc(F)c(F)c6)c6ccc7c(c6)C(c6ccc(C)cc6)(c6ccc(Oc8ccc9c(c8)CC9)cc6)c6ccccc6-7)cc5)cc4)c4ccc(F)c(F)c4)cc32)cc1. The summed E-state index contributed by atoms with van der Waals surface area (Å²) in [5, 5.41) is 0. The van der Waals surface area contributed by atoms with Crippen molar-refractivity contribution in [3.05, 3.63) is 404 Å². The van der Waals surface area contributed by atoms with Crippen LogP contribution in [0.15, 0.2) is 303 Å². The van der Waals surface area contributed by atoms with E-state index >= 15 is 17.6 Å². The van der Waals surface area contributed by atoms with Crippen LogP contribution in [0.1, 0.15) is 77.9 Å². The summed E-state index contributed by atoms with van der Waals surface area (Å²) in [4.78, 5) is 3.95. The molecule has 0 heterocycles. The predicted octanol–water partition coefficient (Wildman–Crippen LogP) is 24.0. The molecule has 14 aromatic rings. The summed E-state index contributed by atoms with van der Waals surface area (Å²) in [6.45, 7) is 4.19. The van der Waals surface area contributed by atoms with E-state index in [-0.39, 0.29) is 0 Å². The van der Waals surface area contributed by atoms with Gasteiger partial charge in [0.15, 0.2) is 23.3 Å². The molecule has 0 spiro atoms. The molecule has 4 aliphatic carbocycles. The van der Waals surface area contributed by atoms with Crippen LogP contribution < -0.4 is 19.3 Å². The van der Waals surface area contributed by atoms with Gasteiger partial charge in [-0.3, -0.25) is 0 Å². The van der Waals surface area contributed by atoms with Gasteiger partial charge in [0.05, 0.1) is 10.8 Å². The van der Waals surface area contributed by atoms with Crippen LogP contribution in [0.5, 0.6) is 23.0 Å². The third-order valence-electron chi connectivity index (χ3n) is 21.2. The fourth-order valence-electron chi connectivity index (χ4n) is 16.0. The maximum Gasteiger partial charge on any atom is 0.160 e. The molecule has 0 radical (unpaired) electrons. The number of rotatable bonds is 15. The fraction of sp³-hybridized carbons (Fsp3) is 0.0870. The minimum Gasteiger partial charge on any atom is -0.457 e. The molecular formula is C92H64F4N2O2. The van der Waals surface area contributed by atoms with Crippen LogP contribution in [-0.2, 0) is 36.5 Å². The Kier molecular flexibility index (Phi) is 14.5. The van der Waals surface area contributed by atoms with Gasteiger partial charge in [0.1, 0.15) is 23.0 Å². The van der Waals surface area contributed by atoms with E-state index < -0.39 is 34.1 Å². The Morgan fingerprint density at radius 3 is 0.940 bits per heavy atom. The quantitative estimate of drug-likeness (QED) is 0.0955. The molecule has 14 aromatic carbocycles. The van der Waals surface area contributed by atoms with Gasteiger partial charge in [0.25, 0.3) is 0 Å². The molecule has 0 saturated heterocycles. The van der Waals surface area contributed by atoms with Crippen molar-refractivity contribution in [3.63, 3.8) is 0 Å². The third kappa shape index (κ3) is 9.94. The lowest BCUT2D eigenvalue weighted by molar-refractivity contribution is 0.480. The van der Waals surface area contributed by atoms with Crippen LogP contribution >= 0.6 is 0 Å². The zero-order chi connectivity index (χ0) is 67.4. The number of hydrogen-bond acceptors (Lipinski definition) is 4. The van der Waals surface area contributed by atoms with Crippen molar-refractivity contribution >= 4 is 34.1 Å². The molecule has 2 atom stereocenters. The number of benzene rings is 14. The largest absolute Gasteiger partial charge is 0.457 e. The highest BCUT2D eigenvalue weighted by molar-refractivity contribution is 5.92. The van der Waals surface area contributed by atoms with Gasteiger partial charge in [-0.2, -0.15) is 0 Å². The lowest BCUT2D eigenvalue weighted by atomic mass is 9.67. The maximum atomic E-state index is 15.7. The minimum absolute atomic E-state index is 0.437. The molecule has 0 aromatic heterocycles. The second kappa shape index (κ2) is 23.9. The number of halogens is 4. The zero-order valence-corrected chi connectivity index (χ0v) is 54.9. The molecule has 0 aliphatic heterocycles. The van der Waals surface area contributed by atoms with Crippen molar-refractivity contribution in [1.29, 1.82) is 0 Å². The summed E-state index contributed by atoms with van der Waals surface area (Å²) >= 11 is 0. The Morgan fingerprint density at radius 2 is 0.580 bits per heavy atom. The van der Waals surface area contributed by atoms with Gasteiger partial charge in [-0.15, -0.1) is 0 Å². The normalized spacial score (nSPS) is 15.6. The molecule has 8 heteroatoms. The van der Waals surface area contributed by atoms with Crippen LogP contribution in [0, 0.1) is 37.1 Å². The van der Waals surface area contributed by atoms with Crippen molar-refractivity contribution in [2.24, 2.45) is 0 Å². The lowest BCUT2D eigenvalue weighted by Gasteiger charge is -2.35. The standard InChI is InChI=1S/C92H64F4N2O2/c1-57-11-25-65(26-12-57)91(67-29-43-75(44-30-67)99-77-41-23-61-15-17-63(61)51-77)83-9-5-3-7-79(83)81-47-37-71(53-85(81)91)97(73-39-49-87(93)89(95)55-73)69-33-19-59(20-34-69)60-21-35-70(36-22-60)98(74-40-50-88(94)90(96)56-74)72-38-48-82-80-8-4-6-10-84(80)92(86(82)54-72,66-27-13-58(2)14-28-66)68-31-45-76(46-32-68)100-78-42-24-62-16-18-64(62)52-78/h3-14,19-56H,15-18H2,1-2H3. The van der Waals surface area contributed by atoms with Gasteiger partial charge < -0.3 is 19.3 Å². The number of nitrogens with zero attached hydrogens (tertiary/aromatic N) is 2. The molecule has 2 unspecified atom stereocenters. The Bertz CT molecular complexity index is 5210. The molecule has 0 N–H and O–H groups in total. The molecule has 0 amide bonds. The topological polar surface area (TPSA) is 24.9 Å². The highest BCUT2D eigenvalue weighted by atomic mass is 19.2. The van der Waals surface area contributed by atoms with Gasteiger partial charge in [0.2, 0.25) is 0 Å². The zero-order valence-electron chi connectivity index (χ0n) is 54.9. The minimum atomic E-state index is -0.965. The first-order chi connectivity index (χ1) is 48.9. The first-order valence-electron chi connectivity index (χ1n) is 34.1. The smallest absolute Gasteiger partial charge is 0.160 e. The lowest BCUT2D eigenvalue weighted by Crippen LogP contribution is -2.28. The van der Waals surface area contributed by atoms with Gasteiger partial charge in [-0.05, 0) is 261 Å². The summed E-state index contributed by atoms with van der Waals surface area (Å²) in [7, 11) is 0. The predicted molar refractivity (Wildman–Crippen MR) is 393 cm³/mol. The fourth-order valence-corrected chi connectivity index (χ4v) is 16.0. The first-order valence-corrected chi connectivity index (χ1v) is 34.1. The van der Waals surface area contributed by atoms with Crippen LogP contribution in [0.3, 0.4) is 0 Å². The van der Waals surface area contributed by atoms with Crippen LogP contribution in [-0.4, -0.2) is 0 Å². The van der Waals surface area contributed by atoms with E-state index in [1.165, 1.54) is 46.5 Å². The number of aryl methyl sites for hydroxylation is 6. The first kappa shape index (κ1) is 60.4. The monoisotopic (exact) mass is 1300 g/mol. The Morgan fingerprint density at radius 1 is 0.260 bits per heavy atom. The van der Waals surface area contributed by atoms with Crippen molar-refractivity contribution in [2.45, 2.75) is 50.4 Å². The highest BCUT2D eigenvalue weighted by Crippen LogP contribution is 2.60. The number of fused-ring (bicyclic) bond motifs is 8. The van der Waals surface area contributed by atoms with E-state index in [0.717, 1.165) is 149 Å². The van der Waals surface area contributed by atoms with E-state index in [1.54, 1.807) is 12.1 Å². The molecule has 482 valence electrons. The van der Waals surface area contributed by atoms with Crippen LogP contribution in [0.4, 0.5) is 51.7 Å². The van der Waals surface area contributed by atoms with Crippen molar-refractivity contribution in [2.75, 3.05) is 9.80 Å². The summed E-state index contributed by atoms with van der Waals surface area (Å²) in [5.41, 5.74) is 24.6. The van der Waals surface area contributed by atoms with Gasteiger partial charge in [-0.25, -0.2) is 17.6 Å². The highest BCUT2D eigenvalue weighted by Gasteiger charge is 2.48. The van der Waals surface area contributed by atoms with Crippen LogP contribution in [0.25, 0.3) is 33.4 Å². The summed E-state index contributed by atoms with van der Waals surface area (Å²) < 4.78 is 74.6. The summed E-state index contributed by atoms with van der Waals surface area (Å²) in [6.07, 6.45) is 4.32. The molecule has 0 saturated carbocycles. The van der Waals surface area contributed by atoms with E-state index in [2.05, 4.69) is 220 Å². The van der Waals surface area contributed by atoms with E-state index in [4.69, 9.17) is 9.47 Å². The summed E-state index contributed by atoms with van der Waals surface area (Å²) in [6, 6.07) is 101. The Hall–Kier alpha value is -12.0. The molecule has 18 rings (SSSR count). The van der Waals surface area contributed by atoms with Gasteiger partial charge in [-0.1, -0.05) is 181 Å². The Labute approximate surface area is 578 Å². The average molecular weight is 1310 g/mol. The molecule has 4 aliphatic rings. The summed E-state index contributed by atoms with van der Waals surface area (Å²) in [5.74, 6) is -0.719. The maximum absolute atomic E-state index is 15.7. The molecular weight excluding hydrogens is 1240 g/mol. The van der Waals surface area contributed by atoms with Crippen LogP contribution in [0.2, 0.25) is 0 Å². The average Bonchev–Trinajstić information content (AvgIpc) is 1.53. The molecule has 0 fully saturated rings. The number of hydrogen-bond donors (Lipinski definition) is 0. The van der Waals surface area contributed by atoms with E-state index in [9.17, 15) is 0 Å². The van der Waals surface area contributed by atoms with E-state index in [1.807, 2.05) is 70.5 Å². The molecule has 0 bridgehead atoms. The Balaban J connectivity index is 0.715. The number of anilines is 6. The van der Waals surface area contributed by atoms with Crippen molar-refractivity contribution < 1.29 is 27.0 Å². The van der Waals surface area contributed by atoms with E-state index in [0.29, 0.717) is 22.7 Å². The molecule has 100 heavy (non-hydrogen) atoms.